The van der Waals surface area contributed by atoms with Gasteiger partial charge in [-0.25, -0.2) is 12.8 Å². The lowest BCUT2D eigenvalue weighted by Crippen LogP contribution is -2.39. The Morgan fingerprint density at radius 3 is 2.27 bits per heavy atom. The molecule has 3 aromatic rings. The van der Waals surface area contributed by atoms with E-state index in [9.17, 15) is 22.4 Å². The molecule has 0 unspecified atom stereocenters. The molecule has 33 heavy (non-hydrogen) atoms. The molecule has 0 heterocycles. The van der Waals surface area contributed by atoms with Gasteiger partial charge in [-0.15, -0.1) is 6.58 Å². The highest BCUT2D eigenvalue weighted by Crippen LogP contribution is 2.26. The number of para-hydroxylation sites is 2. The van der Waals surface area contributed by atoms with Crippen LogP contribution in [0, 0.1) is 5.82 Å². The van der Waals surface area contributed by atoms with Gasteiger partial charge in [0.25, 0.3) is 15.9 Å². The average molecular weight is 468 g/mol. The average Bonchev–Trinajstić information content (AvgIpc) is 2.82. The van der Waals surface area contributed by atoms with Crippen LogP contribution >= 0.6 is 0 Å². The summed E-state index contributed by atoms with van der Waals surface area (Å²) in [5, 5.41) is 5.17. The smallest absolute Gasteiger partial charge is 0.264 e. The van der Waals surface area contributed by atoms with Gasteiger partial charge in [-0.1, -0.05) is 48.5 Å². The molecule has 9 heteroatoms. The first-order valence-electron chi connectivity index (χ1n) is 9.95. The lowest BCUT2D eigenvalue weighted by atomic mass is 10.1. The van der Waals surface area contributed by atoms with Crippen molar-refractivity contribution in [2.45, 2.75) is 4.90 Å². The Kier molecular flexibility index (Phi) is 7.57. The van der Waals surface area contributed by atoms with Crippen LogP contribution in [0.1, 0.15) is 10.4 Å². The van der Waals surface area contributed by atoms with Crippen molar-refractivity contribution in [1.29, 1.82) is 0 Å². The number of benzene rings is 3. The molecule has 0 saturated carbocycles. The third-order valence-corrected chi connectivity index (χ3v) is 6.37. The van der Waals surface area contributed by atoms with Crippen LogP contribution in [-0.2, 0) is 14.8 Å². The SMILES string of the molecule is C=CCNC(=O)c1ccccc1NC(=O)CN(c1ccccc1F)S(=O)(=O)c1ccccc1. The van der Waals surface area contributed by atoms with Crippen LogP contribution in [0.2, 0.25) is 0 Å². The summed E-state index contributed by atoms with van der Waals surface area (Å²) >= 11 is 0. The number of nitrogens with one attached hydrogen (secondary N) is 2. The van der Waals surface area contributed by atoms with Crippen LogP contribution in [0.3, 0.4) is 0 Å². The number of amides is 2. The molecule has 0 atom stereocenters. The van der Waals surface area contributed by atoms with Gasteiger partial charge in [-0.3, -0.25) is 13.9 Å². The van der Waals surface area contributed by atoms with Crippen LogP contribution in [0.15, 0.2) is 96.4 Å². The third-order valence-electron chi connectivity index (χ3n) is 4.59. The first kappa shape index (κ1) is 23.7. The summed E-state index contributed by atoms with van der Waals surface area (Å²) in [6.07, 6.45) is 1.51. The van der Waals surface area contributed by atoms with Crippen molar-refractivity contribution < 1.29 is 22.4 Å². The largest absolute Gasteiger partial charge is 0.349 e. The van der Waals surface area contributed by atoms with E-state index in [4.69, 9.17) is 0 Å². The lowest BCUT2D eigenvalue weighted by molar-refractivity contribution is -0.114. The zero-order chi connectivity index (χ0) is 23.8. The molecule has 0 aliphatic carbocycles. The van der Waals surface area contributed by atoms with E-state index in [0.717, 1.165) is 6.07 Å². The van der Waals surface area contributed by atoms with E-state index in [1.807, 2.05) is 0 Å². The van der Waals surface area contributed by atoms with Gasteiger partial charge in [0.15, 0.2) is 0 Å². The van der Waals surface area contributed by atoms with Crippen molar-refractivity contribution in [3.05, 3.63) is 103 Å². The van der Waals surface area contributed by atoms with Gasteiger partial charge < -0.3 is 10.6 Å². The maximum absolute atomic E-state index is 14.6. The van der Waals surface area contributed by atoms with Crippen LogP contribution in [-0.4, -0.2) is 33.3 Å². The van der Waals surface area contributed by atoms with E-state index in [1.165, 1.54) is 60.7 Å². The first-order valence-corrected chi connectivity index (χ1v) is 11.4. The molecule has 0 radical (unpaired) electrons. The zero-order valence-corrected chi connectivity index (χ0v) is 18.4. The number of carbonyl (C=O) groups is 2. The zero-order valence-electron chi connectivity index (χ0n) is 17.6. The molecule has 0 fully saturated rings. The number of halogens is 1. The Labute approximate surface area is 191 Å². The number of nitrogens with zero attached hydrogens (tertiary/aromatic N) is 1. The summed E-state index contributed by atoms with van der Waals surface area (Å²) in [5.74, 6) is -1.98. The van der Waals surface area contributed by atoms with Crippen molar-refractivity contribution in [2.24, 2.45) is 0 Å². The minimum absolute atomic E-state index is 0.0924. The molecule has 2 amide bonds. The Morgan fingerprint density at radius 2 is 1.58 bits per heavy atom. The maximum Gasteiger partial charge on any atom is 0.264 e. The number of hydrogen-bond acceptors (Lipinski definition) is 4. The predicted molar refractivity (Wildman–Crippen MR) is 125 cm³/mol. The van der Waals surface area contributed by atoms with E-state index in [0.29, 0.717) is 4.31 Å². The fraction of sp³-hybridized carbons (Fsp3) is 0.0833. The molecular formula is C24H22FN3O4S. The summed E-state index contributed by atoms with van der Waals surface area (Å²) in [6.45, 7) is 3.06. The van der Waals surface area contributed by atoms with E-state index in [1.54, 1.807) is 18.2 Å². The first-order chi connectivity index (χ1) is 15.8. The number of sulfonamides is 1. The van der Waals surface area contributed by atoms with Gasteiger partial charge in [0.05, 0.1) is 21.8 Å². The minimum Gasteiger partial charge on any atom is -0.349 e. The van der Waals surface area contributed by atoms with Gasteiger partial charge in [0, 0.05) is 6.54 Å². The second-order valence-corrected chi connectivity index (χ2v) is 8.73. The minimum atomic E-state index is -4.26. The van der Waals surface area contributed by atoms with Crippen molar-refractivity contribution in [2.75, 3.05) is 22.7 Å². The molecule has 0 aliphatic heterocycles. The summed E-state index contributed by atoms with van der Waals surface area (Å²) < 4.78 is 41.8. The standard InChI is InChI=1S/C24H22FN3O4S/c1-2-16-26-24(30)19-12-6-8-14-21(19)27-23(29)17-28(22-15-9-7-13-20(22)25)33(31,32)18-10-4-3-5-11-18/h2-15H,1,16-17H2,(H,26,30)(H,27,29). The Hall–Kier alpha value is -3.98. The maximum atomic E-state index is 14.6. The van der Waals surface area contributed by atoms with Crippen molar-refractivity contribution in [3.63, 3.8) is 0 Å². The number of anilines is 2. The highest BCUT2D eigenvalue weighted by atomic mass is 32.2. The molecule has 0 aliphatic rings. The van der Waals surface area contributed by atoms with E-state index < -0.39 is 34.2 Å². The summed E-state index contributed by atoms with van der Waals surface area (Å²) in [6, 6.07) is 19.0. The normalized spacial score (nSPS) is 10.8. The van der Waals surface area contributed by atoms with Crippen molar-refractivity contribution in [1.82, 2.24) is 5.32 Å². The topological polar surface area (TPSA) is 95.6 Å². The molecule has 0 saturated heterocycles. The number of rotatable bonds is 9. The van der Waals surface area contributed by atoms with Crippen molar-refractivity contribution in [3.8, 4) is 0 Å². The molecule has 7 nitrogen and oxygen atoms in total. The van der Waals surface area contributed by atoms with E-state index in [-0.39, 0.29) is 28.4 Å². The number of hydrogen-bond donors (Lipinski definition) is 2. The van der Waals surface area contributed by atoms with Gasteiger partial charge in [-0.2, -0.15) is 0 Å². The van der Waals surface area contributed by atoms with Crippen molar-refractivity contribution >= 4 is 33.2 Å². The lowest BCUT2D eigenvalue weighted by Gasteiger charge is -2.24. The molecule has 0 bridgehead atoms. The Balaban J connectivity index is 1.92. The summed E-state index contributed by atoms with van der Waals surface area (Å²) in [7, 11) is -4.26. The molecule has 3 aromatic carbocycles. The van der Waals surface area contributed by atoms with Gasteiger partial charge in [0.2, 0.25) is 5.91 Å². The second-order valence-electron chi connectivity index (χ2n) is 6.87. The predicted octanol–water partition coefficient (Wildman–Crippen LogP) is 3.58. The highest BCUT2D eigenvalue weighted by Gasteiger charge is 2.29. The van der Waals surface area contributed by atoms with Gasteiger partial charge in [0.1, 0.15) is 12.4 Å². The molecule has 3 rings (SSSR count). The van der Waals surface area contributed by atoms with Gasteiger partial charge >= 0.3 is 0 Å². The fourth-order valence-corrected chi connectivity index (χ4v) is 4.49. The Bertz CT molecular complexity index is 1260. The van der Waals surface area contributed by atoms with Crippen LogP contribution in [0.4, 0.5) is 15.8 Å². The fourth-order valence-electron chi connectivity index (χ4n) is 3.04. The quantitative estimate of drug-likeness (QED) is 0.470. The summed E-state index contributed by atoms with van der Waals surface area (Å²) in [5.41, 5.74) is 0.110. The molecular weight excluding hydrogens is 445 g/mol. The summed E-state index contributed by atoms with van der Waals surface area (Å²) in [4.78, 5) is 25.2. The van der Waals surface area contributed by atoms with E-state index in [2.05, 4.69) is 17.2 Å². The van der Waals surface area contributed by atoms with Crippen LogP contribution in [0.25, 0.3) is 0 Å². The highest BCUT2D eigenvalue weighted by molar-refractivity contribution is 7.92. The molecule has 170 valence electrons. The van der Waals surface area contributed by atoms with Crippen LogP contribution in [0.5, 0.6) is 0 Å². The molecule has 0 spiro atoms. The van der Waals surface area contributed by atoms with Crippen LogP contribution < -0.4 is 14.9 Å². The molecule has 2 N–H and O–H groups in total. The van der Waals surface area contributed by atoms with Gasteiger partial charge in [-0.05, 0) is 36.4 Å². The molecule has 0 aromatic heterocycles. The Morgan fingerprint density at radius 1 is 0.939 bits per heavy atom. The third kappa shape index (κ3) is 5.64. The monoisotopic (exact) mass is 467 g/mol. The van der Waals surface area contributed by atoms with E-state index >= 15 is 0 Å². The number of carbonyl (C=O) groups excluding carboxylic acids is 2. The second kappa shape index (κ2) is 10.6.